The Balaban J connectivity index is 2.34. The van der Waals surface area contributed by atoms with Crippen LogP contribution in [0.4, 0.5) is 4.39 Å². The standard InChI is InChI=1S/C12H12BrFN2/c1-8-12(13)9(2)16(15-8)7-10-5-3-4-6-11(10)14/h3-6H,7H2,1-2H3. The van der Waals surface area contributed by atoms with Crippen LogP contribution in [0.15, 0.2) is 28.7 Å². The molecule has 4 heteroatoms. The number of aryl methyl sites for hydroxylation is 1. The second kappa shape index (κ2) is 4.37. The molecule has 0 spiro atoms. The fourth-order valence-corrected chi connectivity index (χ4v) is 1.90. The minimum absolute atomic E-state index is 0.189. The number of nitrogens with zero attached hydrogens (tertiary/aromatic N) is 2. The van der Waals surface area contributed by atoms with Crippen LogP contribution in [0.1, 0.15) is 17.0 Å². The minimum Gasteiger partial charge on any atom is -0.264 e. The van der Waals surface area contributed by atoms with Gasteiger partial charge < -0.3 is 0 Å². The van der Waals surface area contributed by atoms with Gasteiger partial charge in [0.2, 0.25) is 0 Å². The van der Waals surface area contributed by atoms with Gasteiger partial charge in [-0.05, 0) is 35.8 Å². The predicted octanol–water partition coefficient (Wildman–Crippen LogP) is 3.45. The van der Waals surface area contributed by atoms with Crippen molar-refractivity contribution in [1.29, 1.82) is 0 Å². The molecule has 0 atom stereocenters. The molecule has 0 aliphatic rings. The quantitative estimate of drug-likeness (QED) is 0.825. The van der Waals surface area contributed by atoms with E-state index < -0.39 is 0 Å². The summed E-state index contributed by atoms with van der Waals surface area (Å²) in [6.45, 7) is 4.35. The molecule has 2 nitrogen and oxygen atoms in total. The zero-order valence-electron chi connectivity index (χ0n) is 9.17. The Morgan fingerprint density at radius 1 is 1.31 bits per heavy atom. The fraction of sp³-hybridized carbons (Fsp3) is 0.250. The Kier molecular flexibility index (Phi) is 3.10. The third-order valence-corrected chi connectivity index (χ3v) is 3.72. The lowest BCUT2D eigenvalue weighted by molar-refractivity contribution is 0.578. The van der Waals surface area contributed by atoms with Crippen molar-refractivity contribution in [1.82, 2.24) is 9.78 Å². The van der Waals surface area contributed by atoms with Crippen LogP contribution in [0.5, 0.6) is 0 Å². The van der Waals surface area contributed by atoms with Gasteiger partial charge in [0.15, 0.2) is 0 Å². The van der Waals surface area contributed by atoms with E-state index in [9.17, 15) is 4.39 Å². The number of hydrogen-bond donors (Lipinski definition) is 0. The SMILES string of the molecule is Cc1nn(Cc2ccccc2F)c(C)c1Br. The van der Waals surface area contributed by atoms with E-state index in [1.54, 1.807) is 16.8 Å². The first-order valence-electron chi connectivity index (χ1n) is 5.02. The molecule has 0 unspecified atom stereocenters. The van der Waals surface area contributed by atoms with Crippen molar-refractivity contribution < 1.29 is 4.39 Å². The first-order valence-corrected chi connectivity index (χ1v) is 5.82. The molecule has 0 aliphatic carbocycles. The van der Waals surface area contributed by atoms with Crippen LogP contribution in [0.25, 0.3) is 0 Å². The average molecular weight is 283 g/mol. The largest absolute Gasteiger partial charge is 0.264 e. The van der Waals surface area contributed by atoms with Gasteiger partial charge >= 0.3 is 0 Å². The normalized spacial score (nSPS) is 10.8. The smallest absolute Gasteiger partial charge is 0.128 e. The summed E-state index contributed by atoms with van der Waals surface area (Å²) < 4.78 is 16.3. The first-order chi connectivity index (χ1) is 7.59. The second-order valence-electron chi connectivity index (χ2n) is 3.73. The maximum absolute atomic E-state index is 13.5. The van der Waals surface area contributed by atoms with Crippen molar-refractivity contribution in [2.45, 2.75) is 20.4 Å². The van der Waals surface area contributed by atoms with Gasteiger partial charge in [0.05, 0.1) is 22.4 Å². The minimum atomic E-state index is -0.189. The highest BCUT2D eigenvalue weighted by Gasteiger charge is 2.10. The van der Waals surface area contributed by atoms with Gasteiger partial charge in [-0.1, -0.05) is 18.2 Å². The Labute approximate surface area is 102 Å². The molecule has 0 bridgehead atoms. The average Bonchev–Trinajstić information content (AvgIpc) is 2.50. The van der Waals surface area contributed by atoms with E-state index in [0.29, 0.717) is 12.1 Å². The van der Waals surface area contributed by atoms with Crippen LogP contribution in [0.3, 0.4) is 0 Å². The van der Waals surface area contributed by atoms with Gasteiger partial charge in [0.1, 0.15) is 5.82 Å². The Morgan fingerprint density at radius 3 is 2.56 bits per heavy atom. The van der Waals surface area contributed by atoms with Crippen LogP contribution in [0, 0.1) is 19.7 Å². The second-order valence-corrected chi connectivity index (χ2v) is 4.53. The molecule has 0 N–H and O–H groups in total. The summed E-state index contributed by atoms with van der Waals surface area (Å²) in [5.41, 5.74) is 2.59. The molecule has 0 amide bonds. The number of hydrogen-bond acceptors (Lipinski definition) is 1. The van der Waals surface area contributed by atoms with Gasteiger partial charge in [-0.15, -0.1) is 0 Å². The monoisotopic (exact) mass is 282 g/mol. The van der Waals surface area contributed by atoms with Crippen LogP contribution < -0.4 is 0 Å². The number of benzene rings is 1. The Morgan fingerprint density at radius 2 is 2.00 bits per heavy atom. The van der Waals surface area contributed by atoms with Crippen molar-refractivity contribution in [3.63, 3.8) is 0 Å². The van der Waals surface area contributed by atoms with Crippen molar-refractivity contribution in [2.75, 3.05) is 0 Å². The van der Waals surface area contributed by atoms with Gasteiger partial charge in [0.25, 0.3) is 0 Å². The molecule has 1 heterocycles. The summed E-state index contributed by atoms with van der Waals surface area (Å²) in [6.07, 6.45) is 0. The summed E-state index contributed by atoms with van der Waals surface area (Å²) in [7, 11) is 0. The molecule has 0 saturated carbocycles. The van der Waals surface area contributed by atoms with E-state index >= 15 is 0 Å². The molecule has 84 valence electrons. The van der Waals surface area contributed by atoms with Crippen molar-refractivity contribution >= 4 is 15.9 Å². The van der Waals surface area contributed by atoms with E-state index in [0.717, 1.165) is 15.9 Å². The van der Waals surface area contributed by atoms with Crippen molar-refractivity contribution in [3.05, 3.63) is 51.5 Å². The Bertz CT molecular complexity index is 520. The number of halogens is 2. The van der Waals surface area contributed by atoms with Crippen LogP contribution in [-0.2, 0) is 6.54 Å². The van der Waals surface area contributed by atoms with Gasteiger partial charge in [-0.2, -0.15) is 5.10 Å². The lowest BCUT2D eigenvalue weighted by atomic mass is 10.2. The van der Waals surface area contributed by atoms with Crippen LogP contribution in [-0.4, -0.2) is 9.78 Å². The highest BCUT2D eigenvalue weighted by molar-refractivity contribution is 9.10. The Hall–Kier alpha value is -1.16. The zero-order valence-corrected chi connectivity index (χ0v) is 10.8. The van der Waals surface area contributed by atoms with Crippen molar-refractivity contribution in [3.8, 4) is 0 Å². The maximum atomic E-state index is 13.5. The summed E-state index contributed by atoms with van der Waals surface area (Å²) in [4.78, 5) is 0. The molecule has 2 rings (SSSR count). The maximum Gasteiger partial charge on any atom is 0.128 e. The molecule has 0 aliphatic heterocycles. The molecule has 0 fully saturated rings. The fourth-order valence-electron chi connectivity index (χ4n) is 1.62. The van der Waals surface area contributed by atoms with Crippen LogP contribution in [0.2, 0.25) is 0 Å². The highest BCUT2D eigenvalue weighted by atomic mass is 79.9. The summed E-state index contributed by atoms with van der Waals surface area (Å²) in [5, 5.41) is 4.35. The van der Waals surface area contributed by atoms with E-state index in [2.05, 4.69) is 21.0 Å². The predicted molar refractivity (Wildman–Crippen MR) is 64.9 cm³/mol. The molecule has 1 aromatic carbocycles. The zero-order chi connectivity index (χ0) is 11.7. The lowest BCUT2D eigenvalue weighted by Gasteiger charge is -2.05. The van der Waals surface area contributed by atoms with Crippen LogP contribution >= 0.6 is 15.9 Å². The summed E-state index contributed by atoms with van der Waals surface area (Å²) >= 11 is 3.45. The summed E-state index contributed by atoms with van der Waals surface area (Å²) in [6, 6.07) is 6.77. The molecular weight excluding hydrogens is 271 g/mol. The lowest BCUT2D eigenvalue weighted by Crippen LogP contribution is -2.05. The number of rotatable bonds is 2. The van der Waals surface area contributed by atoms with E-state index in [4.69, 9.17) is 0 Å². The molecule has 1 aromatic heterocycles. The van der Waals surface area contributed by atoms with Gasteiger partial charge in [0, 0.05) is 5.56 Å². The third-order valence-electron chi connectivity index (χ3n) is 2.57. The number of aromatic nitrogens is 2. The van der Waals surface area contributed by atoms with Gasteiger partial charge in [-0.25, -0.2) is 4.39 Å². The van der Waals surface area contributed by atoms with E-state index in [-0.39, 0.29) is 5.82 Å². The molecule has 2 aromatic rings. The summed E-state index contributed by atoms with van der Waals surface area (Å²) in [5.74, 6) is -0.189. The third kappa shape index (κ3) is 2.02. The molecular formula is C12H12BrFN2. The van der Waals surface area contributed by atoms with E-state index in [1.165, 1.54) is 6.07 Å². The molecule has 0 saturated heterocycles. The first kappa shape index (κ1) is 11.3. The highest BCUT2D eigenvalue weighted by Crippen LogP contribution is 2.21. The van der Waals surface area contributed by atoms with Crippen molar-refractivity contribution in [2.24, 2.45) is 0 Å². The van der Waals surface area contributed by atoms with E-state index in [1.807, 2.05) is 19.9 Å². The molecule has 16 heavy (non-hydrogen) atoms. The molecule has 0 radical (unpaired) electrons. The topological polar surface area (TPSA) is 17.8 Å². The van der Waals surface area contributed by atoms with Gasteiger partial charge in [-0.3, -0.25) is 4.68 Å².